The standard InChI is InChI=1S/C14H21N3S/c1-3-11-9-17(6-7-18-11)13-8-10(2)4-5-12(13)14(15)16/h4-5,8,11H,3,6-7,9H2,1-2H3,(H3,15,16). The van der Waals surface area contributed by atoms with Gasteiger partial charge in [-0.2, -0.15) is 11.8 Å². The molecule has 1 atom stereocenters. The van der Waals surface area contributed by atoms with Crippen molar-refractivity contribution in [3.05, 3.63) is 29.3 Å². The molecule has 0 bridgehead atoms. The molecule has 2 rings (SSSR count). The van der Waals surface area contributed by atoms with Gasteiger partial charge in [-0.1, -0.05) is 13.0 Å². The lowest BCUT2D eigenvalue weighted by atomic mass is 10.1. The zero-order chi connectivity index (χ0) is 13.1. The van der Waals surface area contributed by atoms with E-state index >= 15 is 0 Å². The minimum Gasteiger partial charge on any atom is -0.384 e. The number of aryl methyl sites for hydroxylation is 1. The third-order valence-electron chi connectivity index (χ3n) is 3.38. The van der Waals surface area contributed by atoms with Crippen molar-refractivity contribution < 1.29 is 0 Å². The average molecular weight is 263 g/mol. The van der Waals surface area contributed by atoms with E-state index in [1.54, 1.807) is 0 Å². The summed E-state index contributed by atoms with van der Waals surface area (Å²) in [5.74, 6) is 1.32. The number of nitrogens with one attached hydrogen (secondary N) is 1. The van der Waals surface area contributed by atoms with E-state index in [2.05, 4.69) is 36.6 Å². The van der Waals surface area contributed by atoms with Gasteiger partial charge >= 0.3 is 0 Å². The van der Waals surface area contributed by atoms with Crippen LogP contribution in [-0.4, -0.2) is 29.9 Å². The van der Waals surface area contributed by atoms with Gasteiger partial charge in [0.25, 0.3) is 0 Å². The fraction of sp³-hybridized carbons (Fsp3) is 0.500. The number of nitrogens with two attached hydrogens (primary N) is 1. The van der Waals surface area contributed by atoms with Crippen LogP contribution in [0.15, 0.2) is 18.2 Å². The summed E-state index contributed by atoms with van der Waals surface area (Å²) in [4.78, 5) is 2.38. The van der Waals surface area contributed by atoms with E-state index in [0.29, 0.717) is 5.25 Å². The number of amidine groups is 1. The van der Waals surface area contributed by atoms with Crippen LogP contribution in [0.4, 0.5) is 5.69 Å². The quantitative estimate of drug-likeness (QED) is 0.651. The van der Waals surface area contributed by atoms with E-state index in [0.717, 1.165) is 30.1 Å². The van der Waals surface area contributed by atoms with E-state index in [-0.39, 0.29) is 5.84 Å². The molecule has 1 aliphatic rings. The van der Waals surface area contributed by atoms with Crippen molar-refractivity contribution in [2.75, 3.05) is 23.7 Å². The third kappa shape index (κ3) is 2.80. The van der Waals surface area contributed by atoms with E-state index in [9.17, 15) is 0 Å². The summed E-state index contributed by atoms with van der Waals surface area (Å²) in [6.07, 6.45) is 1.20. The van der Waals surface area contributed by atoms with Crippen molar-refractivity contribution in [3.8, 4) is 0 Å². The summed E-state index contributed by atoms with van der Waals surface area (Å²) in [7, 11) is 0. The van der Waals surface area contributed by atoms with Gasteiger partial charge in [0.2, 0.25) is 0 Å². The van der Waals surface area contributed by atoms with Crippen LogP contribution >= 0.6 is 11.8 Å². The fourth-order valence-corrected chi connectivity index (χ4v) is 3.50. The Bertz CT molecular complexity index is 445. The minimum absolute atomic E-state index is 0.163. The predicted octanol–water partition coefficient (Wildman–Crippen LogP) is 2.61. The number of nitrogens with zero attached hydrogens (tertiary/aromatic N) is 1. The van der Waals surface area contributed by atoms with E-state index in [1.807, 2.05) is 12.1 Å². The average Bonchev–Trinajstić information content (AvgIpc) is 2.38. The van der Waals surface area contributed by atoms with Crippen molar-refractivity contribution in [2.45, 2.75) is 25.5 Å². The molecule has 1 aliphatic heterocycles. The highest BCUT2D eigenvalue weighted by molar-refractivity contribution is 8.00. The monoisotopic (exact) mass is 263 g/mol. The van der Waals surface area contributed by atoms with Crippen LogP contribution < -0.4 is 10.6 Å². The summed E-state index contributed by atoms with van der Waals surface area (Å²) < 4.78 is 0. The van der Waals surface area contributed by atoms with Gasteiger partial charge in [0.05, 0.1) is 0 Å². The highest BCUT2D eigenvalue weighted by Crippen LogP contribution is 2.28. The van der Waals surface area contributed by atoms with Crippen LogP contribution in [0.2, 0.25) is 0 Å². The Hall–Kier alpha value is -1.16. The second kappa shape index (κ2) is 5.65. The minimum atomic E-state index is 0.163. The molecule has 1 aromatic carbocycles. The molecular formula is C14H21N3S. The van der Waals surface area contributed by atoms with Crippen LogP contribution in [-0.2, 0) is 0 Å². The second-order valence-electron chi connectivity index (χ2n) is 4.78. The van der Waals surface area contributed by atoms with Gasteiger partial charge in [0, 0.05) is 35.3 Å². The fourth-order valence-electron chi connectivity index (χ4n) is 2.32. The van der Waals surface area contributed by atoms with Crippen molar-refractivity contribution in [2.24, 2.45) is 5.73 Å². The first kappa shape index (κ1) is 13.3. The lowest BCUT2D eigenvalue weighted by Crippen LogP contribution is -2.38. The van der Waals surface area contributed by atoms with Crippen LogP contribution in [0.25, 0.3) is 0 Å². The van der Waals surface area contributed by atoms with E-state index in [1.165, 1.54) is 12.0 Å². The van der Waals surface area contributed by atoms with Gasteiger partial charge in [0.15, 0.2) is 0 Å². The van der Waals surface area contributed by atoms with Crippen molar-refractivity contribution >= 4 is 23.3 Å². The second-order valence-corrected chi connectivity index (χ2v) is 6.19. The third-order valence-corrected chi connectivity index (χ3v) is 4.75. The zero-order valence-corrected chi connectivity index (χ0v) is 11.9. The molecule has 3 nitrogen and oxygen atoms in total. The smallest absolute Gasteiger partial charge is 0.124 e. The molecule has 0 radical (unpaired) electrons. The van der Waals surface area contributed by atoms with Crippen LogP contribution in [0, 0.1) is 12.3 Å². The Morgan fingerprint density at radius 3 is 3.00 bits per heavy atom. The summed E-state index contributed by atoms with van der Waals surface area (Å²) in [5.41, 5.74) is 8.90. The Morgan fingerprint density at radius 1 is 1.56 bits per heavy atom. The number of anilines is 1. The lowest BCUT2D eigenvalue weighted by molar-refractivity contribution is 0.727. The number of hydrogen-bond donors (Lipinski definition) is 2. The molecule has 1 heterocycles. The Kier molecular flexibility index (Phi) is 4.17. The molecular weight excluding hydrogens is 242 g/mol. The number of thioether (sulfide) groups is 1. The molecule has 0 aliphatic carbocycles. The molecule has 18 heavy (non-hydrogen) atoms. The molecule has 1 fully saturated rings. The van der Waals surface area contributed by atoms with Crippen LogP contribution in [0.3, 0.4) is 0 Å². The molecule has 98 valence electrons. The molecule has 3 N–H and O–H groups in total. The number of nitrogen functional groups attached to an aromatic ring is 1. The molecule has 0 saturated carbocycles. The molecule has 1 aromatic rings. The Morgan fingerprint density at radius 2 is 2.33 bits per heavy atom. The molecule has 0 spiro atoms. The highest BCUT2D eigenvalue weighted by Gasteiger charge is 2.21. The summed E-state index contributed by atoms with van der Waals surface area (Å²) in [5, 5.41) is 8.40. The van der Waals surface area contributed by atoms with Crippen molar-refractivity contribution in [3.63, 3.8) is 0 Å². The van der Waals surface area contributed by atoms with Gasteiger partial charge in [-0.15, -0.1) is 0 Å². The van der Waals surface area contributed by atoms with Crippen LogP contribution in [0.5, 0.6) is 0 Å². The Balaban J connectivity index is 2.31. The molecule has 0 aromatic heterocycles. The first-order valence-electron chi connectivity index (χ1n) is 6.43. The van der Waals surface area contributed by atoms with Crippen molar-refractivity contribution in [1.82, 2.24) is 0 Å². The molecule has 1 saturated heterocycles. The maximum absolute atomic E-state index is 7.71. The largest absolute Gasteiger partial charge is 0.384 e. The van der Waals surface area contributed by atoms with Gasteiger partial charge in [0.1, 0.15) is 5.84 Å². The maximum atomic E-state index is 7.71. The van der Waals surface area contributed by atoms with Gasteiger partial charge in [-0.05, 0) is 31.0 Å². The van der Waals surface area contributed by atoms with E-state index in [4.69, 9.17) is 11.1 Å². The number of benzene rings is 1. The zero-order valence-electron chi connectivity index (χ0n) is 11.1. The highest BCUT2D eigenvalue weighted by atomic mass is 32.2. The summed E-state index contributed by atoms with van der Waals surface area (Å²) >= 11 is 2.05. The van der Waals surface area contributed by atoms with Crippen molar-refractivity contribution in [1.29, 1.82) is 5.41 Å². The van der Waals surface area contributed by atoms with Gasteiger partial charge < -0.3 is 10.6 Å². The topological polar surface area (TPSA) is 53.1 Å². The van der Waals surface area contributed by atoms with Crippen LogP contribution in [0.1, 0.15) is 24.5 Å². The molecule has 0 amide bonds. The molecule has 4 heteroatoms. The lowest BCUT2D eigenvalue weighted by Gasteiger charge is -2.35. The Labute approximate surface area is 113 Å². The normalized spacial score (nSPS) is 19.9. The first-order valence-corrected chi connectivity index (χ1v) is 7.48. The summed E-state index contributed by atoms with van der Waals surface area (Å²) in [6, 6.07) is 6.14. The SMILES string of the molecule is CCC1CN(c2cc(C)ccc2C(=N)N)CCS1. The van der Waals surface area contributed by atoms with Gasteiger partial charge in [-0.3, -0.25) is 5.41 Å². The van der Waals surface area contributed by atoms with E-state index < -0.39 is 0 Å². The summed E-state index contributed by atoms with van der Waals surface area (Å²) in [6.45, 7) is 6.43. The van der Waals surface area contributed by atoms with Gasteiger partial charge in [-0.25, -0.2) is 0 Å². The first-order chi connectivity index (χ1) is 8.61. The number of hydrogen-bond acceptors (Lipinski definition) is 3. The predicted molar refractivity (Wildman–Crippen MR) is 80.9 cm³/mol. The number of rotatable bonds is 3. The molecule has 1 unspecified atom stereocenters. The maximum Gasteiger partial charge on any atom is 0.124 e.